The third-order valence-corrected chi connectivity index (χ3v) is 4.57. The molecule has 0 radical (unpaired) electrons. The third-order valence-electron chi connectivity index (χ3n) is 4.57. The van der Waals surface area contributed by atoms with Crippen LogP contribution in [-0.2, 0) is 0 Å². The zero-order chi connectivity index (χ0) is 10.9. The molecule has 0 aromatic rings. The van der Waals surface area contributed by atoms with Crippen molar-refractivity contribution >= 4 is 0 Å². The molecule has 2 aliphatic carbocycles. The van der Waals surface area contributed by atoms with Gasteiger partial charge in [-0.2, -0.15) is 0 Å². The molecule has 0 atom stereocenters. The van der Waals surface area contributed by atoms with E-state index in [2.05, 4.69) is 0 Å². The summed E-state index contributed by atoms with van der Waals surface area (Å²) in [6, 6.07) is 0. The Hall–Kier alpha value is -0.180. The second-order valence-electron chi connectivity index (χ2n) is 5.38. The predicted molar refractivity (Wildman–Crippen MR) is 56.9 cm³/mol. The van der Waals surface area contributed by atoms with E-state index in [0.717, 1.165) is 6.42 Å². The quantitative estimate of drug-likeness (QED) is 0.771. The summed E-state index contributed by atoms with van der Waals surface area (Å²) in [5.41, 5.74) is 5.99. The van der Waals surface area contributed by atoms with Crippen molar-refractivity contribution in [3.05, 3.63) is 0 Å². The molecule has 0 aromatic carbocycles. The number of rotatable bonds is 3. The SMILES string of the molecule is NCCC1(C2CCC(F)(F)CC2)CCC1. The molecule has 15 heavy (non-hydrogen) atoms. The summed E-state index contributed by atoms with van der Waals surface area (Å²) in [7, 11) is 0. The summed E-state index contributed by atoms with van der Waals surface area (Å²) < 4.78 is 26.1. The van der Waals surface area contributed by atoms with Gasteiger partial charge in [0.2, 0.25) is 5.92 Å². The molecule has 0 bridgehead atoms. The Morgan fingerprint density at radius 1 is 1.07 bits per heavy atom. The first kappa shape index (κ1) is 11.3. The van der Waals surface area contributed by atoms with Crippen LogP contribution in [0.2, 0.25) is 0 Å². The molecule has 2 fully saturated rings. The second-order valence-corrected chi connectivity index (χ2v) is 5.38. The summed E-state index contributed by atoms with van der Waals surface area (Å²) in [4.78, 5) is 0. The fourth-order valence-corrected chi connectivity index (χ4v) is 3.43. The van der Waals surface area contributed by atoms with Gasteiger partial charge in [0.25, 0.3) is 0 Å². The standard InChI is InChI=1S/C12H21F2N/c13-12(14)6-2-10(3-7-12)11(8-9-15)4-1-5-11/h10H,1-9,15H2. The molecule has 0 aromatic heterocycles. The van der Waals surface area contributed by atoms with Crippen LogP contribution in [0.4, 0.5) is 8.78 Å². The van der Waals surface area contributed by atoms with Gasteiger partial charge in [0.15, 0.2) is 0 Å². The van der Waals surface area contributed by atoms with Crippen molar-refractivity contribution in [2.24, 2.45) is 17.1 Å². The second kappa shape index (κ2) is 4.00. The van der Waals surface area contributed by atoms with Crippen molar-refractivity contribution in [1.29, 1.82) is 0 Å². The maximum Gasteiger partial charge on any atom is 0.248 e. The smallest absolute Gasteiger partial charge is 0.248 e. The van der Waals surface area contributed by atoms with Crippen LogP contribution in [0.1, 0.15) is 51.4 Å². The van der Waals surface area contributed by atoms with Crippen molar-refractivity contribution < 1.29 is 8.78 Å². The fourth-order valence-electron chi connectivity index (χ4n) is 3.43. The minimum Gasteiger partial charge on any atom is -0.330 e. The van der Waals surface area contributed by atoms with Crippen LogP contribution in [0.15, 0.2) is 0 Å². The van der Waals surface area contributed by atoms with Crippen LogP contribution in [0.3, 0.4) is 0 Å². The number of halogens is 2. The van der Waals surface area contributed by atoms with Gasteiger partial charge < -0.3 is 5.73 Å². The molecule has 88 valence electrons. The highest BCUT2D eigenvalue weighted by Gasteiger charge is 2.47. The van der Waals surface area contributed by atoms with E-state index >= 15 is 0 Å². The highest BCUT2D eigenvalue weighted by Crippen LogP contribution is 2.55. The maximum absolute atomic E-state index is 13.0. The van der Waals surface area contributed by atoms with Crippen LogP contribution in [0.25, 0.3) is 0 Å². The van der Waals surface area contributed by atoms with Crippen LogP contribution in [0, 0.1) is 11.3 Å². The Labute approximate surface area is 90.4 Å². The monoisotopic (exact) mass is 217 g/mol. The van der Waals surface area contributed by atoms with E-state index in [1.54, 1.807) is 0 Å². The molecule has 2 rings (SSSR count). The maximum atomic E-state index is 13.0. The molecular formula is C12H21F2N. The van der Waals surface area contributed by atoms with Gasteiger partial charge in [-0.1, -0.05) is 6.42 Å². The summed E-state index contributed by atoms with van der Waals surface area (Å²) in [5.74, 6) is -1.86. The van der Waals surface area contributed by atoms with E-state index in [1.807, 2.05) is 0 Å². The molecule has 0 heterocycles. The average molecular weight is 217 g/mol. The molecule has 2 N–H and O–H groups in total. The zero-order valence-electron chi connectivity index (χ0n) is 9.27. The van der Waals surface area contributed by atoms with E-state index in [-0.39, 0.29) is 12.8 Å². The van der Waals surface area contributed by atoms with Gasteiger partial charge in [-0.15, -0.1) is 0 Å². The first-order valence-electron chi connectivity index (χ1n) is 6.16. The number of nitrogens with two attached hydrogens (primary N) is 1. The molecule has 3 heteroatoms. The lowest BCUT2D eigenvalue weighted by Crippen LogP contribution is -2.42. The van der Waals surface area contributed by atoms with Crippen LogP contribution >= 0.6 is 0 Å². The third kappa shape index (κ3) is 2.17. The van der Waals surface area contributed by atoms with E-state index in [1.165, 1.54) is 19.3 Å². The minimum atomic E-state index is -2.38. The Bertz CT molecular complexity index is 214. The summed E-state index contributed by atoms with van der Waals surface area (Å²) in [6.45, 7) is 0.715. The highest BCUT2D eigenvalue weighted by molar-refractivity contribution is 4.96. The number of hydrogen-bond acceptors (Lipinski definition) is 1. The van der Waals surface area contributed by atoms with Gasteiger partial charge in [0.05, 0.1) is 0 Å². The van der Waals surface area contributed by atoms with Crippen molar-refractivity contribution in [2.45, 2.75) is 57.3 Å². The summed E-state index contributed by atoms with van der Waals surface area (Å²) in [6.07, 6.45) is 6.39. The Balaban J connectivity index is 1.93. The van der Waals surface area contributed by atoms with Crippen molar-refractivity contribution in [3.63, 3.8) is 0 Å². The van der Waals surface area contributed by atoms with Crippen molar-refractivity contribution in [1.82, 2.24) is 0 Å². The van der Waals surface area contributed by atoms with E-state index in [0.29, 0.717) is 30.7 Å². The zero-order valence-corrected chi connectivity index (χ0v) is 9.27. The highest BCUT2D eigenvalue weighted by atomic mass is 19.3. The number of alkyl halides is 2. The van der Waals surface area contributed by atoms with E-state index < -0.39 is 5.92 Å². The molecule has 2 aliphatic rings. The Kier molecular flexibility index (Phi) is 3.02. The molecule has 0 aliphatic heterocycles. The summed E-state index contributed by atoms with van der Waals surface area (Å²) >= 11 is 0. The largest absolute Gasteiger partial charge is 0.330 e. The molecule has 0 saturated heterocycles. The van der Waals surface area contributed by atoms with E-state index in [9.17, 15) is 8.78 Å². The summed E-state index contributed by atoms with van der Waals surface area (Å²) in [5, 5.41) is 0. The van der Waals surface area contributed by atoms with Crippen molar-refractivity contribution in [3.8, 4) is 0 Å². The van der Waals surface area contributed by atoms with Gasteiger partial charge in [-0.3, -0.25) is 0 Å². The predicted octanol–water partition coefficient (Wildman–Crippen LogP) is 3.33. The molecular weight excluding hydrogens is 196 g/mol. The number of hydrogen-bond donors (Lipinski definition) is 1. The lowest BCUT2D eigenvalue weighted by atomic mass is 9.56. The first-order valence-corrected chi connectivity index (χ1v) is 6.16. The molecule has 0 unspecified atom stereocenters. The van der Waals surface area contributed by atoms with Crippen LogP contribution in [0.5, 0.6) is 0 Å². The van der Waals surface area contributed by atoms with Gasteiger partial charge in [0.1, 0.15) is 0 Å². The average Bonchev–Trinajstić information content (AvgIpc) is 2.12. The van der Waals surface area contributed by atoms with Crippen LogP contribution in [-0.4, -0.2) is 12.5 Å². The van der Waals surface area contributed by atoms with Gasteiger partial charge in [0, 0.05) is 12.8 Å². The topological polar surface area (TPSA) is 26.0 Å². The molecule has 0 amide bonds. The molecule has 2 saturated carbocycles. The van der Waals surface area contributed by atoms with Crippen molar-refractivity contribution in [2.75, 3.05) is 6.54 Å². The van der Waals surface area contributed by atoms with E-state index in [4.69, 9.17) is 5.73 Å². The first-order chi connectivity index (χ1) is 7.08. The van der Waals surface area contributed by atoms with Crippen LogP contribution < -0.4 is 5.73 Å². The molecule has 1 nitrogen and oxygen atoms in total. The Morgan fingerprint density at radius 3 is 2.07 bits per heavy atom. The normalized spacial score (nSPS) is 29.8. The van der Waals surface area contributed by atoms with Gasteiger partial charge >= 0.3 is 0 Å². The fraction of sp³-hybridized carbons (Fsp3) is 1.00. The minimum absolute atomic E-state index is 0.101. The Morgan fingerprint density at radius 2 is 1.67 bits per heavy atom. The van der Waals surface area contributed by atoms with Gasteiger partial charge in [-0.05, 0) is 50.0 Å². The lowest BCUT2D eigenvalue weighted by molar-refractivity contribution is -0.0807. The lowest BCUT2D eigenvalue weighted by Gasteiger charge is -2.50. The molecule has 0 spiro atoms. The van der Waals surface area contributed by atoms with Gasteiger partial charge in [-0.25, -0.2) is 8.78 Å².